The van der Waals surface area contributed by atoms with Crippen molar-refractivity contribution in [3.05, 3.63) is 129 Å². The van der Waals surface area contributed by atoms with Gasteiger partial charge in [-0.15, -0.1) is 0 Å². The van der Waals surface area contributed by atoms with Gasteiger partial charge in [-0.3, -0.25) is 29.3 Å². The number of nitriles is 1. The lowest BCUT2D eigenvalue weighted by Gasteiger charge is -2.31. The van der Waals surface area contributed by atoms with Gasteiger partial charge in [0.15, 0.2) is 11.6 Å². The quantitative estimate of drug-likeness (QED) is 0.0812. The van der Waals surface area contributed by atoms with E-state index in [4.69, 9.17) is 18.9 Å². The highest BCUT2D eigenvalue weighted by molar-refractivity contribution is 5.99. The minimum Gasteiger partial charge on any atom is -0.490 e. The second-order valence-electron chi connectivity index (χ2n) is 16.8. The van der Waals surface area contributed by atoms with Gasteiger partial charge in [-0.25, -0.2) is 19.3 Å². The zero-order chi connectivity index (χ0) is 48.1. The summed E-state index contributed by atoms with van der Waals surface area (Å²) in [5.41, 5.74) is 4.26. The first-order valence-electron chi connectivity index (χ1n) is 22.9. The van der Waals surface area contributed by atoms with E-state index >= 15 is 0 Å². The molecule has 19 nitrogen and oxygen atoms in total. The van der Waals surface area contributed by atoms with Crippen LogP contribution in [0.2, 0.25) is 0 Å². The molecule has 0 aliphatic carbocycles. The molecule has 69 heavy (non-hydrogen) atoms. The topological polar surface area (TPSA) is 235 Å². The number of aromatic nitrogens is 6. The molecule has 356 valence electrons. The van der Waals surface area contributed by atoms with Crippen LogP contribution in [0.25, 0.3) is 33.4 Å². The molecule has 2 aliphatic heterocycles. The molecule has 0 spiro atoms. The van der Waals surface area contributed by atoms with Gasteiger partial charge in [0, 0.05) is 54.3 Å². The van der Waals surface area contributed by atoms with E-state index < -0.39 is 11.9 Å². The second kappa shape index (κ2) is 22.9. The smallest absolute Gasteiger partial charge is 0.275 e. The molecule has 1 atom stereocenters. The van der Waals surface area contributed by atoms with Crippen LogP contribution in [0.3, 0.4) is 0 Å². The third kappa shape index (κ3) is 12.5. The van der Waals surface area contributed by atoms with Crippen molar-refractivity contribution < 1.29 is 33.3 Å². The summed E-state index contributed by atoms with van der Waals surface area (Å²) < 4.78 is 25.5. The molecule has 8 rings (SSSR count). The van der Waals surface area contributed by atoms with Crippen LogP contribution in [0, 0.1) is 24.2 Å². The molecular formula is C50H52N10O9. The van der Waals surface area contributed by atoms with Gasteiger partial charge in [0.2, 0.25) is 11.8 Å². The van der Waals surface area contributed by atoms with Crippen molar-refractivity contribution in [1.29, 1.82) is 5.26 Å². The molecular weight excluding hydrogens is 885 g/mol. The molecule has 5 heterocycles. The predicted molar refractivity (Wildman–Crippen MR) is 253 cm³/mol. The van der Waals surface area contributed by atoms with E-state index in [-0.39, 0.29) is 61.5 Å². The molecule has 3 aromatic heterocycles. The molecule has 6 aromatic rings. The van der Waals surface area contributed by atoms with Crippen molar-refractivity contribution >= 4 is 34.2 Å². The standard InChI is InChI=1S/C50H52N10O9/c1-33-42-26-39(8-9-41(42)50(65)60(56-33)44-11-12-45(61)55-49(44)64)52-16-19-66-20-21-67-22-23-68-32-47(63)58-17-14-34(15-18-58)31-69-40-28-53-48(54-29-40)38-7-3-5-36(25-38)30-59-46(62)13-10-43(57-59)37-6-2-4-35(24-37)27-51/h2-10,13,24-26,28-29,34,44,52H,11-12,14-23,30-32H2,1H3,(H,55,61,64). The number of hydrogen-bond donors (Lipinski definition) is 2. The Balaban J connectivity index is 0.671. The minimum atomic E-state index is -0.821. The maximum absolute atomic E-state index is 13.2. The lowest BCUT2D eigenvalue weighted by Crippen LogP contribution is -2.45. The number of benzene rings is 3. The average molecular weight is 937 g/mol. The Kier molecular flexibility index (Phi) is 15.9. The summed E-state index contributed by atoms with van der Waals surface area (Å²) in [4.78, 5) is 73.4. The summed E-state index contributed by atoms with van der Waals surface area (Å²) in [5, 5.41) is 24.9. The maximum Gasteiger partial charge on any atom is 0.275 e. The van der Waals surface area contributed by atoms with Crippen LogP contribution in [0.1, 0.15) is 48.5 Å². The Morgan fingerprint density at radius 3 is 2.36 bits per heavy atom. The molecule has 0 bridgehead atoms. The first kappa shape index (κ1) is 47.8. The zero-order valence-corrected chi connectivity index (χ0v) is 38.2. The summed E-state index contributed by atoms with van der Waals surface area (Å²) in [5.74, 6) is 0.421. The van der Waals surface area contributed by atoms with Gasteiger partial charge in [-0.1, -0.05) is 30.3 Å². The number of anilines is 1. The van der Waals surface area contributed by atoms with E-state index in [0.29, 0.717) is 92.0 Å². The number of ether oxygens (including phenoxy) is 4. The van der Waals surface area contributed by atoms with Crippen LogP contribution >= 0.6 is 0 Å². The largest absolute Gasteiger partial charge is 0.490 e. The van der Waals surface area contributed by atoms with Crippen LogP contribution in [-0.2, 0) is 35.1 Å². The molecule has 19 heteroatoms. The summed E-state index contributed by atoms with van der Waals surface area (Å²) in [6.45, 7) is 6.06. The number of rotatable bonds is 20. The Hall–Kier alpha value is -7.66. The number of aryl methyl sites for hydroxylation is 1. The summed E-state index contributed by atoms with van der Waals surface area (Å²) in [6, 6.07) is 24.5. The predicted octanol–water partition coefficient (Wildman–Crippen LogP) is 4.06. The molecule has 3 amide bonds. The van der Waals surface area contributed by atoms with Gasteiger partial charge in [-0.05, 0) is 80.1 Å². The van der Waals surface area contributed by atoms with Gasteiger partial charge in [0.1, 0.15) is 12.6 Å². The van der Waals surface area contributed by atoms with Crippen LogP contribution in [-0.4, -0.2) is 118 Å². The van der Waals surface area contributed by atoms with Gasteiger partial charge in [-0.2, -0.15) is 15.5 Å². The number of piperidine rings is 2. The molecule has 2 saturated heterocycles. The molecule has 2 aliphatic rings. The third-order valence-corrected chi connectivity index (χ3v) is 11.9. The van der Waals surface area contributed by atoms with E-state index in [1.54, 1.807) is 55.7 Å². The fourth-order valence-corrected chi connectivity index (χ4v) is 8.16. The van der Waals surface area contributed by atoms with Gasteiger partial charge < -0.3 is 29.2 Å². The van der Waals surface area contributed by atoms with Crippen LogP contribution in [0.4, 0.5) is 5.69 Å². The number of nitrogens with one attached hydrogen (secondary N) is 2. The lowest BCUT2D eigenvalue weighted by molar-refractivity contribution is -0.138. The van der Waals surface area contributed by atoms with Gasteiger partial charge in [0.05, 0.1) is 87.0 Å². The Morgan fingerprint density at radius 1 is 0.826 bits per heavy atom. The fourth-order valence-electron chi connectivity index (χ4n) is 8.16. The normalized spacial score (nSPS) is 15.2. The van der Waals surface area contributed by atoms with Crippen LogP contribution in [0.5, 0.6) is 5.75 Å². The molecule has 1 unspecified atom stereocenters. The number of carbonyl (C=O) groups excluding carboxylic acids is 3. The highest BCUT2D eigenvalue weighted by Crippen LogP contribution is 2.24. The number of amides is 3. The monoisotopic (exact) mass is 936 g/mol. The summed E-state index contributed by atoms with van der Waals surface area (Å²) >= 11 is 0. The molecule has 3 aromatic carbocycles. The van der Waals surface area contributed by atoms with Crippen molar-refractivity contribution in [2.75, 3.05) is 71.2 Å². The first-order valence-corrected chi connectivity index (χ1v) is 22.9. The molecule has 2 N–H and O–H groups in total. The van der Waals surface area contributed by atoms with E-state index in [1.165, 1.54) is 15.4 Å². The average Bonchev–Trinajstić information content (AvgIpc) is 3.37. The molecule has 0 radical (unpaired) electrons. The van der Waals surface area contributed by atoms with Crippen LogP contribution < -0.4 is 26.5 Å². The first-order chi connectivity index (χ1) is 33.6. The molecule has 2 fully saturated rings. The van der Waals surface area contributed by atoms with Crippen LogP contribution in [0.15, 0.2) is 101 Å². The van der Waals surface area contributed by atoms with Crippen molar-refractivity contribution in [2.45, 2.75) is 45.2 Å². The number of fused-ring (bicyclic) bond motifs is 1. The van der Waals surface area contributed by atoms with Gasteiger partial charge in [0.25, 0.3) is 17.0 Å². The van der Waals surface area contributed by atoms with Crippen molar-refractivity contribution in [3.63, 3.8) is 0 Å². The van der Waals surface area contributed by atoms with E-state index in [1.807, 2.05) is 41.3 Å². The number of hydrogen-bond acceptors (Lipinski definition) is 15. The van der Waals surface area contributed by atoms with E-state index in [2.05, 4.69) is 36.9 Å². The number of carbonyl (C=O) groups is 3. The Morgan fingerprint density at radius 2 is 1.58 bits per heavy atom. The number of likely N-dealkylation sites (tertiary alicyclic amines) is 1. The highest BCUT2D eigenvalue weighted by Gasteiger charge is 2.30. The van der Waals surface area contributed by atoms with Crippen molar-refractivity contribution in [1.82, 2.24) is 39.7 Å². The second-order valence-corrected chi connectivity index (χ2v) is 16.8. The SMILES string of the molecule is Cc1nn(C2CCC(=O)NC2=O)c(=O)c2ccc(NCCOCCOCCOCC(=O)N3CCC(COc4cnc(-c5cccc(Cn6nc(-c7cccc(C#N)c7)ccc6=O)c5)nc4)CC3)cc12. The van der Waals surface area contributed by atoms with E-state index in [9.17, 15) is 29.2 Å². The maximum atomic E-state index is 13.2. The van der Waals surface area contributed by atoms with Crippen molar-refractivity contribution in [2.24, 2.45) is 5.92 Å². The minimum absolute atomic E-state index is 0.0125. The zero-order valence-electron chi connectivity index (χ0n) is 38.2. The molecule has 0 saturated carbocycles. The number of imide groups is 1. The van der Waals surface area contributed by atoms with Crippen molar-refractivity contribution in [3.8, 4) is 34.5 Å². The van der Waals surface area contributed by atoms with E-state index in [0.717, 1.165) is 35.2 Å². The number of nitrogens with zero attached hydrogens (tertiary/aromatic N) is 8. The highest BCUT2D eigenvalue weighted by atomic mass is 16.5. The Labute approximate surface area is 397 Å². The Bertz CT molecular complexity index is 2960. The third-order valence-electron chi connectivity index (χ3n) is 11.9. The fraction of sp³-hybridized carbons (Fsp3) is 0.360. The van der Waals surface area contributed by atoms with Gasteiger partial charge >= 0.3 is 0 Å². The summed E-state index contributed by atoms with van der Waals surface area (Å²) in [6.07, 6.45) is 5.29. The lowest BCUT2D eigenvalue weighted by atomic mass is 9.98. The summed E-state index contributed by atoms with van der Waals surface area (Å²) in [7, 11) is 0.